The van der Waals surface area contributed by atoms with Gasteiger partial charge in [-0.25, -0.2) is 4.98 Å². The molecule has 1 heterocycles. The van der Waals surface area contributed by atoms with Gasteiger partial charge in [0.25, 0.3) is 0 Å². The van der Waals surface area contributed by atoms with Crippen molar-refractivity contribution >= 4 is 17.0 Å². The maximum atomic E-state index is 9.31. The van der Waals surface area contributed by atoms with E-state index < -0.39 is 0 Å². The molecule has 0 amide bonds. The number of anilines is 1. The molecule has 0 saturated carbocycles. The Morgan fingerprint density at radius 2 is 2.26 bits per heavy atom. The zero-order chi connectivity index (χ0) is 13.8. The van der Waals surface area contributed by atoms with Gasteiger partial charge in [0, 0.05) is 22.3 Å². The zero-order valence-electron chi connectivity index (χ0n) is 11.3. The number of methoxy groups -OCH3 is 1. The van der Waals surface area contributed by atoms with Crippen LogP contribution >= 0.6 is 11.3 Å². The van der Waals surface area contributed by atoms with Crippen molar-refractivity contribution in [2.75, 3.05) is 12.4 Å². The molecule has 0 radical (unpaired) electrons. The van der Waals surface area contributed by atoms with Crippen molar-refractivity contribution in [3.8, 4) is 5.75 Å². The second-order valence-corrected chi connectivity index (χ2v) is 5.60. The molecule has 2 aromatic rings. The molecule has 2 N–H and O–H groups in total. The largest absolute Gasteiger partial charge is 0.496 e. The summed E-state index contributed by atoms with van der Waals surface area (Å²) < 4.78 is 5.19. The Balaban J connectivity index is 2.14. The third-order valence-electron chi connectivity index (χ3n) is 2.90. The predicted molar refractivity (Wildman–Crippen MR) is 77.8 cm³/mol. The van der Waals surface area contributed by atoms with Crippen LogP contribution in [0.1, 0.15) is 28.4 Å². The number of benzene rings is 1. The van der Waals surface area contributed by atoms with Gasteiger partial charge in [0.1, 0.15) is 5.75 Å². The van der Waals surface area contributed by atoms with E-state index in [9.17, 15) is 5.11 Å². The molecular weight excluding hydrogens is 260 g/mol. The summed E-state index contributed by atoms with van der Waals surface area (Å²) in [4.78, 5) is 5.45. The van der Waals surface area contributed by atoms with Crippen LogP contribution in [0.5, 0.6) is 5.75 Å². The van der Waals surface area contributed by atoms with Gasteiger partial charge in [0.2, 0.25) is 0 Å². The minimum atomic E-state index is -0.0350. The lowest BCUT2D eigenvalue weighted by atomic mass is 10.1. The van der Waals surface area contributed by atoms with Crippen molar-refractivity contribution in [2.24, 2.45) is 0 Å². The summed E-state index contributed by atoms with van der Waals surface area (Å²) in [6.45, 7) is 4.06. The first-order valence-electron chi connectivity index (χ1n) is 6.10. The first-order chi connectivity index (χ1) is 9.13. The van der Waals surface area contributed by atoms with Crippen molar-refractivity contribution in [3.05, 3.63) is 39.8 Å². The van der Waals surface area contributed by atoms with Crippen LogP contribution in [0.3, 0.4) is 0 Å². The van der Waals surface area contributed by atoms with Crippen LogP contribution in [-0.4, -0.2) is 17.2 Å². The van der Waals surface area contributed by atoms with Crippen LogP contribution in [-0.2, 0) is 6.61 Å². The van der Waals surface area contributed by atoms with Gasteiger partial charge < -0.3 is 15.2 Å². The molecule has 0 aliphatic carbocycles. The lowest BCUT2D eigenvalue weighted by Crippen LogP contribution is -2.05. The zero-order valence-corrected chi connectivity index (χ0v) is 12.1. The van der Waals surface area contributed by atoms with Crippen LogP contribution in [0.2, 0.25) is 0 Å². The minimum Gasteiger partial charge on any atom is -0.496 e. The molecule has 1 aromatic heterocycles. The minimum absolute atomic E-state index is 0.0350. The van der Waals surface area contributed by atoms with Crippen LogP contribution in [0, 0.1) is 6.92 Å². The molecule has 1 unspecified atom stereocenters. The Hall–Kier alpha value is -1.59. The van der Waals surface area contributed by atoms with Crippen molar-refractivity contribution in [2.45, 2.75) is 26.5 Å². The molecule has 0 bridgehead atoms. The van der Waals surface area contributed by atoms with E-state index in [2.05, 4.69) is 17.2 Å². The molecule has 0 fully saturated rings. The fraction of sp³-hybridized carbons (Fsp3) is 0.357. The Bertz CT molecular complexity index is 554. The van der Waals surface area contributed by atoms with E-state index in [-0.39, 0.29) is 12.6 Å². The number of nitrogens with one attached hydrogen (secondary N) is 1. The smallest absolute Gasteiger partial charge is 0.124 e. The highest BCUT2D eigenvalue weighted by molar-refractivity contribution is 7.11. The Morgan fingerprint density at radius 3 is 2.84 bits per heavy atom. The first-order valence-corrected chi connectivity index (χ1v) is 6.92. The molecule has 19 heavy (non-hydrogen) atoms. The number of thiazole rings is 1. The number of aromatic nitrogens is 1. The number of aliphatic hydroxyl groups excluding tert-OH is 1. The number of aryl methyl sites for hydroxylation is 1. The van der Waals surface area contributed by atoms with Crippen LogP contribution in [0.25, 0.3) is 0 Å². The van der Waals surface area contributed by atoms with E-state index in [4.69, 9.17) is 4.74 Å². The van der Waals surface area contributed by atoms with Crippen LogP contribution in [0.4, 0.5) is 5.69 Å². The summed E-state index contributed by atoms with van der Waals surface area (Å²) >= 11 is 1.69. The highest BCUT2D eigenvalue weighted by Crippen LogP contribution is 2.27. The lowest BCUT2D eigenvalue weighted by molar-refractivity contribution is 0.274. The van der Waals surface area contributed by atoms with Gasteiger partial charge in [-0.1, -0.05) is 0 Å². The number of ether oxygens (including phenoxy) is 1. The van der Waals surface area contributed by atoms with Crippen LogP contribution < -0.4 is 10.1 Å². The Morgan fingerprint density at radius 1 is 1.47 bits per heavy atom. The van der Waals surface area contributed by atoms with Crippen LogP contribution in [0.15, 0.2) is 24.4 Å². The normalized spacial score (nSPS) is 12.2. The highest BCUT2D eigenvalue weighted by atomic mass is 32.1. The molecule has 5 heteroatoms. The molecule has 4 nitrogen and oxygen atoms in total. The average Bonchev–Trinajstić information content (AvgIpc) is 2.85. The van der Waals surface area contributed by atoms with E-state index in [1.54, 1.807) is 18.4 Å². The van der Waals surface area contributed by atoms with Crippen molar-refractivity contribution < 1.29 is 9.84 Å². The third-order valence-corrected chi connectivity index (χ3v) is 4.00. The molecule has 2 rings (SSSR count). The number of rotatable bonds is 5. The number of hydrogen-bond donors (Lipinski definition) is 2. The summed E-state index contributed by atoms with van der Waals surface area (Å²) in [5.74, 6) is 0.703. The SMILES string of the molecule is COc1ccc(NC(C)c2cnc(C)s2)cc1CO. The molecule has 0 aliphatic heterocycles. The first kappa shape index (κ1) is 13.8. The summed E-state index contributed by atoms with van der Waals surface area (Å²) in [6.07, 6.45) is 1.90. The quantitative estimate of drug-likeness (QED) is 0.882. The molecule has 0 spiro atoms. The summed E-state index contributed by atoms with van der Waals surface area (Å²) in [7, 11) is 1.60. The van der Waals surface area contributed by atoms with Gasteiger partial charge in [-0.05, 0) is 32.0 Å². The van der Waals surface area contributed by atoms with Crippen molar-refractivity contribution in [3.63, 3.8) is 0 Å². The number of hydrogen-bond acceptors (Lipinski definition) is 5. The fourth-order valence-electron chi connectivity index (χ4n) is 1.89. The summed E-state index contributed by atoms with van der Waals surface area (Å²) in [6, 6.07) is 5.90. The monoisotopic (exact) mass is 278 g/mol. The molecule has 0 saturated heterocycles. The Kier molecular flexibility index (Phi) is 4.39. The van der Waals surface area contributed by atoms with Crippen molar-refractivity contribution in [1.29, 1.82) is 0 Å². The average molecular weight is 278 g/mol. The van der Waals surface area contributed by atoms with E-state index in [1.165, 1.54) is 4.88 Å². The van der Waals surface area contributed by atoms with Crippen molar-refractivity contribution in [1.82, 2.24) is 4.98 Å². The molecule has 0 aliphatic rings. The second-order valence-electron chi connectivity index (χ2n) is 4.33. The molecular formula is C14H18N2O2S. The highest BCUT2D eigenvalue weighted by Gasteiger charge is 2.10. The van der Waals surface area contributed by atoms with E-state index >= 15 is 0 Å². The standard InChI is InChI=1S/C14H18N2O2S/c1-9(14-7-15-10(2)19-14)16-12-4-5-13(18-3)11(6-12)8-17/h4-7,9,16-17H,8H2,1-3H3. The number of nitrogens with zero attached hydrogens (tertiary/aromatic N) is 1. The van der Waals surface area contributed by atoms with Gasteiger partial charge in [-0.3, -0.25) is 0 Å². The van der Waals surface area contributed by atoms with E-state index in [1.807, 2.05) is 31.3 Å². The topological polar surface area (TPSA) is 54.4 Å². The van der Waals surface area contributed by atoms with Gasteiger partial charge in [-0.15, -0.1) is 11.3 Å². The van der Waals surface area contributed by atoms with Gasteiger partial charge in [-0.2, -0.15) is 0 Å². The molecule has 102 valence electrons. The Labute approximate surface area is 117 Å². The summed E-state index contributed by atoms with van der Waals surface area (Å²) in [5.41, 5.74) is 1.74. The predicted octanol–water partition coefficient (Wildman–Crippen LogP) is 3.13. The third kappa shape index (κ3) is 3.24. The van der Waals surface area contributed by atoms with Gasteiger partial charge in [0.05, 0.1) is 24.8 Å². The maximum Gasteiger partial charge on any atom is 0.124 e. The molecule has 1 aromatic carbocycles. The second kappa shape index (κ2) is 6.04. The van der Waals surface area contributed by atoms with E-state index in [0.717, 1.165) is 16.3 Å². The lowest BCUT2D eigenvalue weighted by Gasteiger charge is -2.15. The maximum absolute atomic E-state index is 9.31. The number of aliphatic hydroxyl groups is 1. The summed E-state index contributed by atoms with van der Waals surface area (Å²) in [5, 5.41) is 13.8. The molecule has 1 atom stereocenters. The van der Waals surface area contributed by atoms with Gasteiger partial charge in [0.15, 0.2) is 0 Å². The van der Waals surface area contributed by atoms with E-state index in [0.29, 0.717) is 5.75 Å². The van der Waals surface area contributed by atoms with Gasteiger partial charge >= 0.3 is 0 Å². The fourth-order valence-corrected chi connectivity index (χ4v) is 2.68.